The van der Waals surface area contributed by atoms with E-state index in [2.05, 4.69) is 19.1 Å². The van der Waals surface area contributed by atoms with Crippen LogP contribution in [0.15, 0.2) is 36.4 Å². The number of ketones is 1. The third-order valence-electron chi connectivity index (χ3n) is 5.75. The Morgan fingerprint density at radius 3 is 2.61 bits per heavy atom. The number of carboxylic acids is 1. The van der Waals surface area contributed by atoms with Crippen LogP contribution in [0.1, 0.15) is 94.3 Å². The van der Waals surface area contributed by atoms with Gasteiger partial charge in [0.15, 0.2) is 0 Å². The normalized spacial score (nSPS) is 20.7. The molecule has 1 saturated carbocycles. The van der Waals surface area contributed by atoms with Gasteiger partial charge in [0.2, 0.25) is 0 Å². The molecule has 1 aliphatic carbocycles. The Bertz CT molecular complexity index is 647. The highest BCUT2D eigenvalue weighted by Crippen LogP contribution is 2.40. The van der Waals surface area contributed by atoms with Crippen LogP contribution < -0.4 is 0 Å². The fraction of sp³-hybridized carbons (Fsp3) is 0.583. The van der Waals surface area contributed by atoms with Crippen molar-refractivity contribution in [3.05, 3.63) is 47.5 Å². The molecule has 0 aliphatic heterocycles. The van der Waals surface area contributed by atoms with Gasteiger partial charge in [0.05, 0.1) is 6.10 Å². The van der Waals surface area contributed by atoms with E-state index in [1.807, 2.05) is 24.3 Å². The van der Waals surface area contributed by atoms with Gasteiger partial charge in [-0.2, -0.15) is 0 Å². The molecule has 0 bridgehead atoms. The SMILES string of the molecule is CCCCCC(O)c1ccc(C2CCC(=O)[C@@H]2C/C=C\CCCC(=O)O)cc1. The molecular formula is C24H34O4. The maximum absolute atomic E-state index is 12.3. The maximum Gasteiger partial charge on any atom is 0.303 e. The molecule has 1 aromatic carbocycles. The first kappa shape index (κ1) is 22.4. The van der Waals surface area contributed by atoms with E-state index in [0.717, 1.165) is 50.5 Å². The quantitative estimate of drug-likeness (QED) is 0.364. The number of benzene rings is 1. The van der Waals surface area contributed by atoms with Crippen LogP contribution >= 0.6 is 0 Å². The smallest absolute Gasteiger partial charge is 0.303 e. The van der Waals surface area contributed by atoms with Crippen LogP contribution in [-0.2, 0) is 9.59 Å². The summed E-state index contributed by atoms with van der Waals surface area (Å²) in [7, 11) is 0. The van der Waals surface area contributed by atoms with Crippen molar-refractivity contribution in [2.24, 2.45) is 5.92 Å². The minimum absolute atomic E-state index is 0.0102. The van der Waals surface area contributed by atoms with Crippen molar-refractivity contribution in [1.29, 1.82) is 0 Å². The number of allylic oxidation sites excluding steroid dienone is 2. The molecule has 2 unspecified atom stereocenters. The summed E-state index contributed by atoms with van der Waals surface area (Å²) in [6, 6.07) is 8.16. The third-order valence-corrected chi connectivity index (χ3v) is 5.75. The summed E-state index contributed by atoms with van der Waals surface area (Å²) in [5.74, 6) is -0.194. The predicted molar refractivity (Wildman–Crippen MR) is 111 cm³/mol. The summed E-state index contributed by atoms with van der Waals surface area (Å²) >= 11 is 0. The van der Waals surface area contributed by atoms with Gasteiger partial charge in [0, 0.05) is 18.8 Å². The summed E-state index contributed by atoms with van der Waals surface area (Å²) in [6.07, 6.45) is 11.6. The topological polar surface area (TPSA) is 74.6 Å². The van der Waals surface area contributed by atoms with Gasteiger partial charge < -0.3 is 10.2 Å². The Labute approximate surface area is 168 Å². The van der Waals surface area contributed by atoms with Crippen molar-refractivity contribution in [3.8, 4) is 0 Å². The van der Waals surface area contributed by atoms with Crippen LogP contribution in [0.2, 0.25) is 0 Å². The van der Waals surface area contributed by atoms with E-state index in [0.29, 0.717) is 18.6 Å². The van der Waals surface area contributed by atoms with Crippen molar-refractivity contribution < 1.29 is 19.8 Å². The number of rotatable bonds is 12. The highest BCUT2D eigenvalue weighted by Gasteiger charge is 2.34. The van der Waals surface area contributed by atoms with Crippen LogP contribution in [0.3, 0.4) is 0 Å². The fourth-order valence-electron chi connectivity index (χ4n) is 4.05. The van der Waals surface area contributed by atoms with E-state index in [1.165, 1.54) is 5.56 Å². The number of unbranched alkanes of at least 4 members (excludes halogenated alkanes) is 3. The monoisotopic (exact) mass is 386 g/mol. The number of hydrogen-bond donors (Lipinski definition) is 2. The number of aliphatic hydroxyl groups is 1. The first-order valence-electron chi connectivity index (χ1n) is 10.7. The second kappa shape index (κ2) is 11.8. The highest BCUT2D eigenvalue weighted by atomic mass is 16.4. The molecule has 0 aromatic heterocycles. The molecule has 0 amide bonds. The van der Waals surface area contributed by atoms with Gasteiger partial charge in [0.1, 0.15) is 5.78 Å². The largest absolute Gasteiger partial charge is 0.481 e. The first-order valence-corrected chi connectivity index (χ1v) is 10.7. The lowest BCUT2D eigenvalue weighted by Crippen LogP contribution is -2.12. The molecule has 4 nitrogen and oxygen atoms in total. The van der Waals surface area contributed by atoms with Crippen LogP contribution in [0, 0.1) is 5.92 Å². The van der Waals surface area contributed by atoms with E-state index in [1.54, 1.807) is 0 Å². The lowest BCUT2D eigenvalue weighted by Gasteiger charge is -2.19. The lowest BCUT2D eigenvalue weighted by molar-refractivity contribution is -0.137. The second-order valence-electron chi connectivity index (χ2n) is 7.89. The van der Waals surface area contributed by atoms with Crippen molar-refractivity contribution >= 4 is 11.8 Å². The summed E-state index contributed by atoms with van der Waals surface area (Å²) < 4.78 is 0. The molecule has 1 aromatic rings. The predicted octanol–water partition coefficient (Wildman–Crippen LogP) is 5.56. The standard InChI is InChI=1S/C24H34O4/c1-2-3-6-10-22(25)19-14-12-18(13-15-19)20-16-17-23(26)21(20)9-7-4-5-8-11-24(27)28/h4,7,12-15,20-22,25H,2-3,5-6,8-11,16-17H2,1H3,(H,27,28)/b7-4-/t20?,21-,22?/m1/s1. The zero-order chi connectivity index (χ0) is 20.4. The molecule has 1 aliphatic rings. The Morgan fingerprint density at radius 2 is 1.93 bits per heavy atom. The van der Waals surface area contributed by atoms with Crippen molar-refractivity contribution in [3.63, 3.8) is 0 Å². The summed E-state index contributed by atoms with van der Waals surface area (Å²) in [5, 5.41) is 19.0. The third kappa shape index (κ3) is 6.90. The average molecular weight is 387 g/mol. The van der Waals surface area contributed by atoms with Crippen LogP contribution in [0.5, 0.6) is 0 Å². The van der Waals surface area contributed by atoms with Gasteiger partial charge >= 0.3 is 5.97 Å². The highest BCUT2D eigenvalue weighted by molar-refractivity contribution is 5.84. The summed E-state index contributed by atoms with van der Waals surface area (Å²) in [5.41, 5.74) is 2.14. The minimum Gasteiger partial charge on any atom is -0.481 e. The van der Waals surface area contributed by atoms with Gasteiger partial charge in [-0.25, -0.2) is 0 Å². The number of aliphatic hydroxyl groups excluding tert-OH is 1. The Balaban J connectivity index is 1.90. The Morgan fingerprint density at radius 1 is 1.18 bits per heavy atom. The number of carboxylic acid groups (broad SMARTS) is 1. The Kier molecular flexibility index (Phi) is 9.42. The van der Waals surface area contributed by atoms with Crippen LogP contribution in [0.25, 0.3) is 0 Å². The molecule has 0 radical (unpaired) electrons. The van der Waals surface area contributed by atoms with Crippen LogP contribution in [-0.4, -0.2) is 22.0 Å². The van der Waals surface area contributed by atoms with Gasteiger partial charge in [-0.15, -0.1) is 0 Å². The van der Waals surface area contributed by atoms with E-state index in [-0.39, 0.29) is 18.3 Å². The molecule has 1 fully saturated rings. The molecule has 3 atom stereocenters. The van der Waals surface area contributed by atoms with Gasteiger partial charge in [0.25, 0.3) is 0 Å². The second-order valence-corrected chi connectivity index (χ2v) is 7.89. The van der Waals surface area contributed by atoms with E-state index in [9.17, 15) is 14.7 Å². The molecule has 2 N–H and O–H groups in total. The van der Waals surface area contributed by atoms with Crippen molar-refractivity contribution in [2.75, 3.05) is 0 Å². The Hall–Kier alpha value is -1.94. The van der Waals surface area contributed by atoms with Crippen molar-refractivity contribution in [2.45, 2.75) is 83.2 Å². The number of hydrogen-bond acceptors (Lipinski definition) is 3. The molecular weight excluding hydrogens is 352 g/mol. The molecule has 0 heterocycles. The molecule has 154 valence electrons. The van der Waals surface area contributed by atoms with Gasteiger partial charge in [-0.1, -0.05) is 62.6 Å². The number of carbonyl (C=O) groups is 2. The summed E-state index contributed by atoms with van der Waals surface area (Å²) in [6.45, 7) is 2.16. The zero-order valence-electron chi connectivity index (χ0n) is 17.0. The molecule has 2 rings (SSSR count). The van der Waals surface area contributed by atoms with E-state index < -0.39 is 12.1 Å². The molecule has 4 heteroatoms. The number of aliphatic carboxylic acids is 1. The average Bonchev–Trinajstić information content (AvgIpc) is 3.05. The number of Topliss-reactive ketones (excluding diaryl/α,β-unsaturated/α-hetero) is 1. The molecule has 0 saturated heterocycles. The molecule has 0 spiro atoms. The van der Waals surface area contributed by atoms with E-state index in [4.69, 9.17) is 5.11 Å². The van der Waals surface area contributed by atoms with Crippen LogP contribution in [0.4, 0.5) is 0 Å². The first-order chi connectivity index (χ1) is 13.5. The molecule has 28 heavy (non-hydrogen) atoms. The van der Waals surface area contributed by atoms with Gasteiger partial charge in [-0.05, 0) is 49.1 Å². The zero-order valence-corrected chi connectivity index (χ0v) is 17.0. The maximum atomic E-state index is 12.3. The van der Waals surface area contributed by atoms with E-state index >= 15 is 0 Å². The lowest BCUT2D eigenvalue weighted by atomic mass is 9.85. The fourth-order valence-corrected chi connectivity index (χ4v) is 4.05. The minimum atomic E-state index is -0.765. The van der Waals surface area contributed by atoms with Crippen molar-refractivity contribution in [1.82, 2.24) is 0 Å². The summed E-state index contributed by atoms with van der Waals surface area (Å²) in [4.78, 5) is 22.9. The van der Waals surface area contributed by atoms with Gasteiger partial charge in [-0.3, -0.25) is 9.59 Å². The number of carbonyl (C=O) groups excluding carboxylic acids is 1.